The highest BCUT2D eigenvalue weighted by Gasteiger charge is 2.29. The van der Waals surface area contributed by atoms with Gasteiger partial charge in [0.25, 0.3) is 0 Å². The smallest absolute Gasteiger partial charge is 0.222 e. The lowest BCUT2D eigenvalue weighted by Gasteiger charge is -2.14. The topological polar surface area (TPSA) is 72.2 Å². The summed E-state index contributed by atoms with van der Waals surface area (Å²) in [4.78, 5) is 20.0. The van der Waals surface area contributed by atoms with E-state index in [0.29, 0.717) is 17.4 Å². The van der Waals surface area contributed by atoms with Crippen molar-refractivity contribution in [1.82, 2.24) is 20.1 Å². The lowest BCUT2D eigenvalue weighted by atomic mass is 10.0. The molecule has 0 saturated carbocycles. The van der Waals surface area contributed by atoms with E-state index in [1.807, 2.05) is 60.9 Å². The fourth-order valence-electron chi connectivity index (χ4n) is 4.18. The van der Waals surface area contributed by atoms with Crippen molar-refractivity contribution in [2.24, 2.45) is 4.99 Å². The number of aromatic nitrogens is 3. The van der Waals surface area contributed by atoms with Crippen LogP contribution in [-0.4, -0.2) is 32.9 Å². The molecule has 1 aliphatic heterocycles. The Hall–Kier alpha value is -3.42. The van der Waals surface area contributed by atoms with Crippen LogP contribution < -0.4 is 5.32 Å². The number of hydrogen-bond acceptors (Lipinski definition) is 5. The number of aryl methyl sites for hydroxylation is 1. The van der Waals surface area contributed by atoms with E-state index in [1.54, 1.807) is 11.8 Å². The molecule has 0 saturated heterocycles. The van der Waals surface area contributed by atoms with Gasteiger partial charge < -0.3 is 5.32 Å². The fraction of sp³-hybridized carbons (Fsp3) is 0.185. The van der Waals surface area contributed by atoms with Crippen LogP contribution in [-0.2, 0) is 4.79 Å². The zero-order valence-electron chi connectivity index (χ0n) is 19.4. The molecule has 4 aromatic rings. The van der Waals surface area contributed by atoms with Gasteiger partial charge in [-0.1, -0.05) is 53.7 Å². The van der Waals surface area contributed by atoms with Crippen LogP contribution >= 0.6 is 23.4 Å². The summed E-state index contributed by atoms with van der Waals surface area (Å²) in [6.07, 6.45) is 0.183. The summed E-state index contributed by atoms with van der Waals surface area (Å²) >= 11 is 7.88. The number of carbonyl (C=O) groups is 1. The van der Waals surface area contributed by atoms with Gasteiger partial charge in [0.1, 0.15) is 11.9 Å². The number of fused-ring (bicyclic) bond motifs is 3. The van der Waals surface area contributed by atoms with Gasteiger partial charge in [-0.05, 0) is 56.3 Å². The minimum Gasteiger partial charge on any atom is -0.356 e. The number of hydrogen-bond donors (Lipinski definition) is 1. The van der Waals surface area contributed by atoms with Gasteiger partial charge >= 0.3 is 0 Å². The van der Waals surface area contributed by atoms with Gasteiger partial charge in [-0.15, -0.1) is 10.2 Å². The molecule has 6 nitrogen and oxygen atoms in total. The molecule has 0 aliphatic carbocycles. The Morgan fingerprint density at radius 2 is 1.80 bits per heavy atom. The van der Waals surface area contributed by atoms with Gasteiger partial charge in [-0.3, -0.25) is 14.4 Å². The third-order valence-corrected chi connectivity index (χ3v) is 7.00. The van der Waals surface area contributed by atoms with Crippen LogP contribution in [0, 0.1) is 6.92 Å². The highest BCUT2D eigenvalue weighted by atomic mass is 35.5. The highest BCUT2D eigenvalue weighted by molar-refractivity contribution is 7.99. The number of halogens is 1. The molecule has 1 amide bonds. The van der Waals surface area contributed by atoms with Gasteiger partial charge in [0.2, 0.25) is 5.91 Å². The predicted molar refractivity (Wildman–Crippen MR) is 140 cm³/mol. The zero-order chi connectivity index (χ0) is 24.4. The molecule has 0 spiro atoms. The Morgan fingerprint density at radius 1 is 1.03 bits per heavy atom. The molecule has 0 fully saturated rings. The van der Waals surface area contributed by atoms with Crippen LogP contribution in [0.1, 0.15) is 42.2 Å². The van der Waals surface area contributed by atoms with Crippen molar-refractivity contribution in [3.8, 4) is 5.69 Å². The molecule has 35 heavy (non-hydrogen) atoms. The van der Waals surface area contributed by atoms with E-state index in [-0.39, 0.29) is 12.3 Å². The van der Waals surface area contributed by atoms with Crippen molar-refractivity contribution in [3.05, 3.63) is 101 Å². The molecule has 5 rings (SSSR count). The first-order valence-corrected chi connectivity index (χ1v) is 12.6. The van der Waals surface area contributed by atoms with E-state index >= 15 is 0 Å². The Bertz CT molecular complexity index is 1400. The quantitative estimate of drug-likeness (QED) is 0.362. The minimum atomic E-state index is -0.481. The molecule has 1 N–H and O–H groups in total. The summed E-state index contributed by atoms with van der Waals surface area (Å²) in [7, 11) is 0. The molecule has 2 heterocycles. The molecule has 8 heteroatoms. The molecule has 1 aromatic heterocycles. The van der Waals surface area contributed by atoms with E-state index < -0.39 is 6.04 Å². The number of nitrogens with zero attached hydrogens (tertiary/aromatic N) is 4. The number of benzene rings is 3. The standard InChI is InChI=1S/C27H24ClN5OS/c1-3-29-25(34)16-23-27-32-31-17(2)33(27)24-14-13-21(35-20-7-5-4-6-8-20)15-22(24)26(30-23)18-9-11-19(28)12-10-18/h4-15,23H,3,16H2,1-2H3,(H,29,34)/t23-/m0/s1. The van der Waals surface area contributed by atoms with Crippen molar-refractivity contribution in [3.63, 3.8) is 0 Å². The normalized spacial score (nSPS) is 14.5. The van der Waals surface area contributed by atoms with Crippen molar-refractivity contribution in [1.29, 1.82) is 0 Å². The molecule has 3 aromatic carbocycles. The summed E-state index contributed by atoms with van der Waals surface area (Å²) < 4.78 is 2.02. The number of nitrogens with one attached hydrogen (secondary N) is 1. The highest BCUT2D eigenvalue weighted by Crippen LogP contribution is 2.36. The lowest BCUT2D eigenvalue weighted by molar-refractivity contribution is -0.121. The van der Waals surface area contributed by atoms with Crippen LogP contribution in [0.4, 0.5) is 0 Å². The van der Waals surface area contributed by atoms with Gasteiger partial charge in [0.15, 0.2) is 5.82 Å². The van der Waals surface area contributed by atoms with E-state index in [9.17, 15) is 4.79 Å². The first-order valence-electron chi connectivity index (χ1n) is 11.4. The second-order valence-electron chi connectivity index (χ2n) is 8.19. The third-order valence-electron chi connectivity index (χ3n) is 5.75. The van der Waals surface area contributed by atoms with E-state index in [1.165, 1.54) is 0 Å². The molecule has 1 atom stereocenters. The summed E-state index contributed by atoms with van der Waals surface area (Å²) in [5.41, 5.74) is 3.61. The maximum Gasteiger partial charge on any atom is 0.222 e. The summed E-state index contributed by atoms with van der Waals surface area (Å²) in [5.74, 6) is 1.33. The number of aliphatic imine (C=N–C) groups is 1. The SMILES string of the molecule is CCNC(=O)C[C@@H]1N=C(c2ccc(Cl)cc2)c2cc(Sc3ccccc3)ccc2-n2c(C)nnc21. The molecule has 0 bridgehead atoms. The van der Waals surface area contributed by atoms with Crippen LogP contribution in [0.3, 0.4) is 0 Å². The first-order chi connectivity index (χ1) is 17.0. The molecular formula is C27H24ClN5OS. The van der Waals surface area contributed by atoms with Crippen molar-refractivity contribution < 1.29 is 4.79 Å². The van der Waals surface area contributed by atoms with Crippen LogP contribution in [0.15, 0.2) is 87.6 Å². The molecule has 0 radical (unpaired) electrons. The van der Waals surface area contributed by atoms with Gasteiger partial charge in [-0.25, -0.2) is 0 Å². The predicted octanol–water partition coefficient (Wildman–Crippen LogP) is 5.80. The molecular weight excluding hydrogens is 478 g/mol. The monoisotopic (exact) mass is 501 g/mol. The Kier molecular flexibility index (Phi) is 6.70. The van der Waals surface area contributed by atoms with Crippen LogP contribution in [0.2, 0.25) is 5.02 Å². The number of carbonyl (C=O) groups excluding carboxylic acids is 1. The van der Waals surface area contributed by atoms with Crippen molar-refractivity contribution in [2.75, 3.05) is 6.54 Å². The van der Waals surface area contributed by atoms with Gasteiger partial charge in [-0.2, -0.15) is 0 Å². The van der Waals surface area contributed by atoms with Crippen LogP contribution in [0.25, 0.3) is 5.69 Å². The lowest BCUT2D eigenvalue weighted by Crippen LogP contribution is -2.25. The fourth-order valence-corrected chi connectivity index (χ4v) is 5.19. The van der Waals surface area contributed by atoms with E-state index in [0.717, 1.165) is 38.1 Å². The summed E-state index contributed by atoms with van der Waals surface area (Å²) in [6.45, 7) is 4.39. The van der Waals surface area contributed by atoms with Gasteiger partial charge in [0.05, 0.1) is 17.8 Å². The van der Waals surface area contributed by atoms with E-state index in [4.69, 9.17) is 16.6 Å². The zero-order valence-corrected chi connectivity index (χ0v) is 21.0. The Morgan fingerprint density at radius 3 is 2.54 bits per heavy atom. The molecule has 176 valence electrons. The summed E-state index contributed by atoms with van der Waals surface area (Å²) in [6, 6.07) is 23.8. The maximum absolute atomic E-state index is 12.6. The average Bonchev–Trinajstić information content (AvgIpc) is 3.18. The second kappa shape index (κ2) is 10.1. The molecule has 1 aliphatic rings. The van der Waals surface area contributed by atoms with Crippen LogP contribution in [0.5, 0.6) is 0 Å². The Balaban J connectivity index is 1.69. The van der Waals surface area contributed by atoms with Gasteiger partial charge in [0, 0.05) is 32.5 Å². The summed E-state index contributed by atoms with van der Waals surface area (Å²) in [5, 5.41) is 12.3. The maximum atomic E-state index is 12.6. The second-order valence-corrected chi connectivity index (χ2v) is 9.78. The largest absolute Gasteiger partial charge is 0.356 e. The number of rotatable bonds is 6. The van der Waals surface area contributed by atoms with Crippen molar-refractivity contribution in [2.45, 2.75) is 36.1 Å². The first kappa shape index (κ1) is 23.3. The Labute approximate surface area is 213 Å². The van der Waals surface area contributed by atoms with E-state index in [2.05, 4.69) is 45.8 Å². The average molecular weight is 502 g/mol. The van der Waals surface area contributed by atoms with Crippen molar-refractivity contribution >= 4 is 35.0 Å². The number of amides is 1. The third kappa shape index (κ3) is 4.88. The minimum absolute atomic E-state index is 0.0739. The molecule has 0 unspecified atom stereocenters.